The fraction of sp³-hybridized carbons (Fsp3) is 0. The van der Waals surface area contributed by atoms with E-state index >= 15 is 0 Å². The molecule has 0 atom stereocenters. The third-order valence-electron chi connectivity index (χ3n) is 17.8. The Bertz CT molecular complexity index is 6020. The van der Waals surface area contributed by atoms with E-state index in [2.05, 4.69) is 271 Å². The topological polar surface area (TPSA) is 72.2 Å². The lowest BCUT2D eigenvalue weighted by molar-refractivity contribution is 0.662. The van der Waals surface area contributed by atoms with Gasteiger partial charge in [-0.25, -0.2) is 0 Å². The Morgan fingerprint density at radius 2 is 0.644 bits per heavy atom. The van der Waals surface area contributed by atoms with E-state index in [1.165, 1.54) is 5.39 Å². The minimum Gasteiger partial charge on any atom is -0.456 e. The van der Waals surface area contributed by atoms with Crippen molar-refractivity contribution in [1.29, 1.82) is 0 Å². The predicted molar refractivity (Wildman–Crippen MR) is 358 cm³/mol. The summed E-state index contributed by atoms with van der Waals surface area (Å²) in [5.41, 5.74) is 18.3. The van der Waals surface area contributed by atoms with Crippen molar-refractivity contribution in [3.63, 3.8) is 0 Å². The van der Waals surface area contributed by atoms with Crippen molar-refractivity contribution in [1.82, 2.24) is 0 Å². The maximum Gasteiger partial charge on any atom is 0.159 e. The zero-order valence-electron chi connectivity index (χ0n) is 46.5. The molecule has 0 fully saturated rings. The van der Waals surface area contributed by atoms with E-state index in [0.717, 1.165) is 182 Å². The first-order valence-electron chi connectivity index (χ1n) is 29.3. The van der Waals surface area contributed by atoms with Crippen molar-refractivity contribution in [2.75, 3.05) is 9.80 Å². The number of hydrogen-bond donors (Lipinski definition) is 0. The average Bonchev–Trinajstić information content (AvgIpc) is 3.50. The van der Waals surface area contributed by atoms with Crippen LogP contribution in [0.5, 0.6) is 0 Å². The van der Waals surface area contributed by atoms with E-state index < -0.39 is 0 Å². The number of hydrogen-bond acceptors (Lipinski definition) is 7. The first-order chi connectivity index (χ1) is 43.1. The number of nitrogens with zero attached hydrogens (tertiary/aromatic N) is 2. The summed E-state index contributed by atoms with van der Waals surface area (Å²) in [6, 6.07) is 98.4. The molecule has 0 aliphatic rings. The molecule has 0 amide bonds. The predicted octanol–water partition coefficient (Wildman–Crippen LogP) is 23.8. The van der Waals surface area contributed by atoms with Gasteiger partial charge in [0.25, 0.3) is 0 Å². The molecule has 7 heteroatoms. The lowest BCUT2D eigenvalue weighted by Crippen LogP contribution is -2.10. The molecule has 14 aromatic carbocycles. The Morgan fingerprint density at radius 1 is 0.195 bits per heavy atom. The second kappa shape index (κ2) is 18.3. The van der Waals surface area contributed by atoms with Crippen molar-refractivity contribution >= 4 is 165 Å². The van der Waals surface area contributed by atoms with E-state index in [9.17, 15) is 0 Å². The van der Waals surface area contributed by atoms with Gasteiger partial charge in [0.15, 0.2) is 11.2 Å². The lowest BCUT2D eigenvalue weighted by atomic mass is 9.98. The maximum atomic E-state index is 7.02. The smallest absolute Gasteiger partial charge is 0.159 e. The molecule has 5 heterocycles. The van der Waals surface area contributed by atoms with Crippen LogP contribution in [0.2, 0.25) is 0 Å². The molecule has 19 aromatic rings. The maximum absolute atomic E-state index is 7.02. The quantitative estimate of drug-likeness (QED) is 0.150. The molecule has 87 heavy (non-hydrogen) atoms. The van der Waals surface area contributed by atoms with Crippen LogP contribution in [-0.2, 0) is 0 Å². The van der Waals surface area contributed by atoms with Gasteiger partial charge in [0.1, 0.15) is 44.7 Å². The zero-order chi connectivity index (χ0) is 56.8. The van der Waals surface area contributed by atoms with Gasteiger partial charge in [-0.3, -0.25) is 0 Å². The third kappa shape index (κ3) is 7.30. The van der Waals surface area contributed by atoms with Crippen molar-refractivity contribution in [3.05, 3.63) is 279 Å². The van der Waals surface area contributed by atoms with Crippen LogP contribution in [0, 0.1) is 0 Å². The highest BCUT2D eigenvalue weighted by Crippen LogP contribution is 2.49. The molecule has 0 aliphatic heterocycles. The Hall–Kier alpha value is -11.8. The van der Waals surface area contributed by atoms with Crippen LogP contribution in [0.25, 0.3) is 153 Å². The first-order valence-corrected chi connectivity index (χ1v) is 29.3. The normalized spacial score (nSPS) is 12.1. The van der Waals surface area contributed by atoms with Gasteiger partial charge in [0.05, 0.1) is 27.8 Å². The van der Waals surface area contributed by atoms with E-state index in [0.29, 0.717) is 0 Å². The van der Waals surface area contributed by atoms with Crippen LogP contribution in [0.15, 0.2) is 301 Å². The number of rotatable bonds is 8. The first kappa shape index (κ1) is 47.7. The Balaban J connectivity index is 0.725. The third-order valence-corrected chi connectivity index (χ3v) is 17.8. The average molecular weight is 1120 g/mol. The highest BCUT2D eigenvalue weighted by molar-refractivity contribution is 6.26. The molecule has 7 nitrogen and oxygen atoms in total. The summed E-state index contributed by atoms with van der Waals surface area (Å²) in [7, 11) is 0. The highest BCUT2D eigenvalue weighted by Gasteiger charge is 2.26. The van der Waals surface area contributed by atoms with E-state index in [1.54, 1.807) is 0 Å². The summed E-state index contributed by atoms with van der Waals surface area (Å²) in [5.74, 6) is 0. The summed E-state index contributed by atoms with van der Waals surface area (Å²) in [6.07, 6.45) is 0. The van der Waals surface area contributed by atoms with Crippen LogP contribution >= 0.6 is 0 Å². The van der Waals surface area contributed by atoms with E-state index in [1.807, 2.05) is 18.2 Å². The van der Waals surface area contributed by atoms with Crippen LogP contribution in [0.1, 0.15) is 0 Å². The molecule has 0 saturated carbocycles. The molecule has 0 bridgehead atoms. The fourth-order valence-corrected chi connectivity index (χ4v) is 13.7. The van der Waals surface area contributed by atoms with Gasteiger partial charge in [0, 0.05) is 66.2 Å². The van der Waals surface area contributed by atoms with Gasteiger partial charge in [-0.1, -0.05) is 152 Å². The number of furan rings is 5. The van der Waals surface area contributed by atoms with Crippen molar-refractivity contribution in [3.8, 4) is 22.3 Å². The minimum absolute atomic E-state index is 0.756. The van der Waals surface area contributed by atoms with Crippen LogP contribution in [0.4, 0.5) is 34.1 Å². The second-order valence-electron chi connectivity index (χ2n) is 22.7. The Morgan fingerprint density at radius 3 is 1.33 bits per heavy atom. The minimum atomic E-state index is 0.756. The molecule has 406 valence electrons. The standard InChI is InChI=1S/C80H46N2O5/c1-3-14-47(15-4-1)48-30-32-56(33-31-48)82(68-26-13-24-64-75-70(85-78(64)68)38-36-61-65-42-50-16-7-8-17-51(50)44-72(65)86-79(61)75)57-21-11-18-49(41-57)52-28-29-53-43-66-62-37-39-71-76(80(62)87-73(66)45-54(53)40-52)63-23-12-25-67(77(63)84-71)81(55-19-5-2-6-20-55)58-34-35-60-59-22-9-10-27-69(59)83-74(60)46-58/h1-46H. The molecule has 0 aliphatic carbocycles. The second-order valence-corrected chi connectivity index (χ2v) is 22.7. The Kier molecular flexibility index (Phi) is 10.1. The van der Waals surface area contributed by atoms with Gasteiger partial charge in [-0.05, 0) is 165 Å². The van der Waals surface area contributed by atoms with Crippen LogP contribution in [0.3, 0.4) is 0 Å². The van der Waals surface area contributed by atoms with E-state index in [4.69, 9.17) is 22.1 Å². The van der Waals surface area contributed by atoms with Gasteiger partial charge in [-0.2, -0.15) is 0 Å². The number of para-hydroxylation sites is 4. The van der Waals surface area contributed by atoms with Crippen LogP contribution < -0.4 is 9.80 Å². The van der Waals surface area contributed by atoms with Crippen molar-refractivity contribution in [2.45, 2.75) is 0 Å². The number of anilines is 6. The van der Waals surface area contributed by atoms with Crippen LogP contribution in [-0.4, -0.2) is 0 Å². The summed E-state index contributed by atoms with van der Waals surface area (Å²) in [5, 5.41) is 14.8. The summed E-state index contributed by atoms with van der Waals surface area (Å²) in [6.45, 7) is 0. The number of fused-ring (bicyclic) bond motifs is 19. The molecule has 0 unspecified atom stereocenters. The SMILES string of the molecule is c1ccc(-c2ccc(N(c3cccc(-c4ccc5cc6c(cc5c4)oc4c6ccc5oc6c(N(c7ccccc7)c7ccc8c(c7)oc7ccccc78)cccc6c54)c3)c3cccc4c3oc3ccc5c6cc7ccccc7cc6oc5c34)cc2)cc1. The molecular formula is C80H46N2O5. The molecular weight excluding hydrogens is 1070 g/mol. The summed E-state index contributed by atoms with van der Waals surface area (Å²) >= 11 is 0. The van der Waals surface area contributed by atoms with Gasteiger partial charge in [-0.15, -0.1) is 0 Å². The molecule has 0 N–H and O–H groups in total. The highest BCUT2D eigenvalue weighted by atomic mass is 16.4. The molecule has 19 rings (SSSR count). The summed E-state index contributed by atoms with van der Waals surface area (Å²) < 4.78 is 34.2. The van der Waals surface area contributed by atoms with Gasteiger partial charge < -0.3 is 31.9 Å². The monoisotopic (exact) mass is 1110 g/mol. The molecule has 0 saturated heterocycles. The molecule has 0 radical (unpaired) electrons. The number of benzene rings is 14. The molecule has 5 aromatic heterocycles. The summed E-state index contributed by atoms with van der Waals surface area (Å²) in [4.78, 5) is 4.56. The largest absolute Gasteiger partial charge is 0.456 e. The zero-order valence-corrected chi connectivity index (χ0v) is 46.5. The van der Waals surface area contributed by atoms with E-state index in [-0.39, 0.29) is 0 Å². The Labute approximate surface area is 495 Å². The molecule has 0 spiro atoms. The fourth-order valence-electron chi connectivity index (χ4n) is 13.7. The lowest BCUT2D eigenvalue weighted by Gasteiger charge is -2.26. The van der Waals surface area contributed by atoms with Gasteiger partial charge in [0.2, 0.25) is 0 Å². The van der Waals surface area contributed by atoms with Crippen molar-refractivity contribution in [2.24, 2.45) is 0 Å². The van der Waals surface area contributed by atoms with Crippen molar-refractivity contribution < 1.29 is 22.1 Å². The van der Waals surface area contributed by atoms with Gasteiger partial charge >= 0.3 is 0 Å².